The minimum atomic E-state index is -0.760. The van der Waals surface area contributed by atoms with E-state index in [0.717, 1.165) is 22.8 Å². The molecule has 0 aliphatic rings. The van der Waals surface area contributed by atoms with Crippen LogP contribution in [0.3, 0.4) is 0 Å². The van der Waals surface area contributed by atoms with Gasteiger partial charge in [0.15, 0.2) is 0 Å². The summed E-state index contributed by atoms with van der Waals surface area (Å²) in [7, 11) is 0. The van der Waals surface area contributed by atoms with Gasteiger partial charge in [-0.15, -0.1) is 0 Å². The predicted octanol–water partition coefficient (Wildman–Crippen LogP) is 4.42. The fourth-order valence-electron chi connectivity index (χ4n) is 2.84. The van der Waals surface area contributed by atoms with Crippen LogP contribution in [0.4, 0.5) is 9.18 Å². The van der Waals surface area contributed by atoms with E-state index in [-0.39, 0.29) is 11.6 Å². The van der Waals surface area contributed by atoms with Crippen LogP contribution in [0.1, 0.15) is 27.8 Å². The van der Waals surface area contributed by atoms with E-state index >= 15 is 0 Å². The van der Waals surface area contributed by atoms with Gasteiger partial charge < -0.3 is 4.74 Å². The third kappa shape index (κ3) is 6.39. The van der Waals surface area contributed by atoms with Crippen LogP contribution >= 0.6 is 11.6 Å². The van der Waals surface area contributed by atoms with Crippen LogP contribution in [0.15, 0.2) is 36.4 Å². The van der Waals surface area contributed by atoms with Crippen LogP contribution in [0.5, 0.6) is 0 Å². The smallest absolute Gasteiger partial charge is 0.426 e. The molecule has 0 aromatic heterocycles. The Morgan fingerprint density at radius 3 is 2.43 bits per heavy atom. The summed E-state index contributed by atoms with van der Waals surface area (Å²) < 4.78 is 18.1. The van der Waals surface area contributed by atoms with Gasteiger partial charge >= 0.3 is 6.09 Å². The minimum absolute atomic E-state index is 0.179. The minimum Gasteiger partial charge on any atom is -0.448 e. The standard InChI is InChI=1S/C21H22ClFN2O3/c1-13-10-14(2)18(15(3)11-13)8-9-28-21(27)25-24-20(26)7-5-16-4-6-17(23)12-19(16)22/h4-7,10-12H,8-9H2,1-3H3,(H,24,26)(H,25,27). The Balaban J connectivity index is 1.76. The second kappa shape index (κ2) is 9.90. The molecule has 0 atom stereocenters. The first kappa shape index (κ1) is 21.4. The predicted molar refractivity (Wildman–Crippen MR) is 107 cm³/mol. The molecule has 2 amide bonds. The van der Waals surface area contributed by atoms with E-state index in [1.807, 2.05) is 20.8 Å². The van der Waals surface area contributed by atoms with Crippen molar-refractivity contribution in [2.45, 2.75) is 27.2 Å². The lowest BCUT2D eigenvalue weighted by atomic mass is 9.98. The fraction of sp³-hybridized carbons (Fsp3) is 0.238. The van der Waals surface area contributed by atoms with Crippen molar-refractivity contribution in [3.8, 4) is 0 Å². The van der Waals surface area contributed by atoms with Crippen LogP contribution in [0.25, 0.3) is 6.08 Å². The zero-order valence-corrected chi connectivity index (χ0v) is 16.7. The molecule has 2 rings (SSSR count). The Hall–Kier alpha value is -2.86. The first-order valence-electron chi connectivity index (χ1n) is 8.69. The Morgan fingerprint density at radius 2 is 1.79 bits per heavy atom. The number of ether oxygens (including phenoxy) is 1. The lowest BCUT2D eigenvalue weighted by Crippen LogP contribution is -2.41. The molecule has 7 heteroatoms. The summed E-state index contributed by atoms with van der Waals surface area (Å²) in [5.74, 6) is -1.05. The summed E-state index contributed by atoms with van der Waals surface area (Å²) >= 11 is 5.87. The van der Waals surface area contributed by atoms with Crippen LogP contribution in [-0.2, 0) is 16.0 Å². The zero-order valence-electron chi connectivity index (χ0n) is 15.9. The first-order valence-corrected chi connectivity index (χ1v) is 9.06. The molecule has 0 bridgehead atoms. The highest BCUT2D eigenvalue weighted by molar-refractivity contribution is 6.32. The van der Waals surface area contributed by atoms with Crippen LogP contribution in [-0.4, -0.2) is 18.6 Å². The number of amides is 2. The van der Waals surface area contributed by atoms with Gasteiger partial charge in [0.2, 0.25) is 0 Å². The maximum absolute atomic E-state index is 13.0. The van der Waals surface area contributed by atoms with Crippen molar-refractivity contribution in [2.75, 3.05) is 6.61 Å². The van der Waals surface area contributed by atoms with E-state index in [9.17, 15) is 14.0 Å². The van der Waals surface area contributed by atoms with E-state index in [1.54, 1.807) is 0 Å². The van der Waals surface area contributed by atoms with E-state index in [4.69, 9.17) is 16.3 Å². The summed E-state index contributed by atoms with van der Waals surface area (Å²) in [4.78, 5) is 23.4. The van der Waals surface area contributed by atoms with Crippen molar-refractivity contribution in [3.05, 3.63) is 75.1 Å². The van der Waals surface area contributed by atoms with Crippen molar-refractivity contribution in [1.82, 2.24) is 10.9 Å². The number of hydrogen-bond acceptors (Lipinski definition) is 3. The van der Waals surface area contributed by atoms with E-state index in [0.29, 0.717) is 12.0 Å². The summed E-state index contributed by atoms with van der Waals surface area (Å²) in [6.45, 7) is 6.27. The molecule has 0 aliphatic heterocycles. The molecule has 148 valence electrons. The molecule has 2 aromatic rings. The molecular weight excluding hydrogens is 383 g/mol. The Morgan fingerprint density at radius 1 is 1.11 bits per heavy atom. The van der Waals surface area contributed by atoms with Gasteiger partial charge in [-0.3, -0.25) is 10.2 Å². The fourth-order valence-corrected chi connectivity index (χ4v) is 3.07. The van der Waals surface area contributed by atoms with Crippen LogP contribution < -0.4 is 10.9 Å². The average Bonchev–Trinajstić information content (AvgIpc) is 2.61. The van der Waals surface area contributed by atoms with Crippen molar-refractivity contribution >= 4 is 29.7 Å². The number of nitrogens with one attached hydrogen (secondary N) is 2. The van der Waals surface area contributed by atoms with Gasteiger partial charge in [-0.05, 0) is 61.2 Å². The highest BCUT2D eigenvalue weighted by Crippen LogP contribution is 2.18. The molecule has 0 spiro atoms. The number of halogens is 2. The summed E-state index contributed by atoms with van der Waals surface area (Å²) in [5, 5.41) is 0.179. The van der Waals surface area contributed by atoms with Crippen LogP contribution in [0, 0.1) is 26.6 Å². The summed E-state index contributed by atoms with van der Waals surface area (Å²) in [5.41, 5.74) is 9.47. The number of hydrazine groups is 1. The number of hydrogen-bond donors (Lipinski definition) is 2. The monoisotopic (exact) mass is 404 g/mol. The molecule has 0 heterocycles. The maximum Gasteiger partial charge on any atom is 0.426 e. The highest BCUT2D eigenvalue weighted by atomic mass is 35.5. The third-order valence-electron chi connectivity index (χ3n) is 4.09. The number of aryl methyl sites for hydroxylation is 3. The lowest BCUT2D eigenvalue weighted by Gasteiger charge is -2.12. The molecule has 5 nitrogen and oxygen atoms in total. The van der Waals surface area contributed by atoms with E-state index in [2.05, 4.69) is 23.0 Å². The van der Waals surface area contributed by atoms with Gasteiger partial charge in [0.05, 0.1) is 11.6 Å². The van der Waals surface area contributed by atoms with Gasteiger partial charge in [0, 0.05) is 12.5 Å². The van der Waals surface area contributed by atoms with Crippen LogP contribution in [0.2, 0.25) is 5.02 Å². The number of rotatable bonds is 5. The maximum atomic E-state index is 13.0. The van der Waals surface area contributed by atoms with E-state index in [1.165, 1.54) is 29.8 Å². The second-order valence-corrected chi connectivity index (χ2v) is 6.78. The summed E-state index contributed by atoms with van der Waals surface area (Å²) in [6, 6.07) is 7.99. The first-order chi connectivity index (χ1) is 13.3. The summed E-state index contributed by atoms with van der Waals surface area (Å²) in [6.07, 6.45) is 2.40. The molecular formula is C21H22ClFN2O3. The Labute approximate surface area is 168 Å². The number of carbonyl (C=O) groups is 2. The van der Waals surface area contributed by atoms with Crippen molar-refractivity contribution in [2.24, 2.45) is 0 Å². The SMILES string of the molecule is Cc1cc(C)c(CCOC(=O)NNC(=O)C=Cc2ccc(F)cc2Cl)c(C)c1. The largest absolute Gasteiger partial charge is 0.448 e. The van der Waals surface area contributed by atoms with Gasteiger partial charge in [0.1, 0.15) is 5.82 Å². The molecule has 28 heavy (non-hydrogen) atoms. The molecule has 2 aromatic carbocycles. The molecule has 0 radical (unpaired) electrons. The van der Waals surface area contributed by atoms with Crippen molar-refractivity contribution in [1.29, 1.82) is 0 Å². The molecule has 0 saturated heterocycles. The van der Waals surface area contributed by atoms with Gasteiger partial charge in [-0.1, -0.05) is 35.4 Å². The van der Waals surface area contributed by atoms with Crippen molar-refractivity contribution < 1.29 is 18.7 Å². The van der Waals surface area contributed by atoms with E-state index < -0.39 is 17.8 Å². The second-order valence-electron chi connectivity index (χ2n) is 6.38. The topological polar surface area (TPSA) is 67.4 Å². The van der Waals surface area contributed by atoms with Gasteiger partial charge in [0.25, 0.3) is 5.91 Å². The quantitative estimate of drug-likeness (QED) is 0.572. The van der Waals surface area contributed by atoms with Crippen molar-refractivity contribution in [3.63, 3.8) is 0 Å². The van der Waals surface area contributed by atoms with Gasteiger partial charge in [-0.2, -0.15) is 0 Å². The Kier molecular flexibility index (Phi) is 7.58. The highest BCUT2D eigenvalue weighted by Gasteiger charge is 2.07. The molecule has 2 N–H and O–H groups in total. The van der Waals surface area contributed by atoms with Gasteiger partial charge in [-0.25, -0.2) is 14.6 Å². The lowest BCUT2D eigenvalue weighted by molar-refractivity contribution is -0.117. The molecule has 0 unspecified atom stereocenters. The molecule has 0 saturated carbocycles. The third-order valence-corrected chi connectivity index (χ3v) is 4.42. The zero-order chi connectivity index (χ0) is 20.7. The average molecular weight is 405 g/mol. The Bertz CT molecular complexity index is 890. The molecule has 0 fully saturated rings. The number of carbonyl (C=O) groups excluding carboxylic acids is 2. The normalized spacial score (nSPS) is 10.8. The molecule has 0 aliphatic carbocycles. The number of benzene rings is 2.